The Bertz CT molecular complexity index is 1020. The van der Waals surface area contributed by atoms with Crippen molar-refractivity contribution >= 4 is 16.0 Å². The van der Waals surface area contributed by atoms with Crippen molar-refractivity contribution in [2.75, 3.05) is 19.8 Å². The van der Waals surface area contributed by atoms with E-state index in [9.17, 15) is 39.6 Å². The third-order valence-electron chi connectivity index (χ3n) is 4.36. The number of amides is 1. The first-order valence-electron chi connectivity index (χ1n) is 9.04. The van der Waals surface area contributed by atoms with Crippen molar-refractivity contribution in [3.8, 4) is 0 Å². The molecule has 0 N–H and O–H groups in total. The van der Waals surface area contributed by atoms with Crippen molar-refractivity contribution in [2.45, 2.75) is 24.9 Å². The van der Waals surface area contributed by atoms with Crippen LogP contribution in [0, 0.1) is 0 Å². The zero-order chi connectivity index (χ0) is 24.3. The van der Waals surface area contributed by atoms with Gasteiger partial charge in [-0.05, 0) is 35.7 Å². The number of carbonyl (C=O) groups excluding carboxylic acids is 1. The molecule has 0 bridgehead atoms. The van der Waals surface area contributed by atoms with Gasteiger partial charge >= 0.3 is 12.4 Å². The molecule has 0 saturated heterocycles. The number of hydrogen-bond acceptors (Lipinski definition) is 4. The molecule has 0 heterocycles. The molecule has 0 aliphatic carbocycles. The molecule has 2 aromatic carbocycles. The fourth-order valence-corrected chi connectivity index (χ4v) is 3.36. The van der Waals surface area contributed by atoms with Crippen molar-refractivity contribution in [3.63, 3.8) is 0 Å². The number of alkyl halides is 6. The molecule has 0 fully saturated rings. The zero-order valence-corrected chi connectivity index (χ0v) is 17.7. The highest BCUT2D eigenvalue weighted by atomic mass is 32.2. The molecule has 0 aliphatic rings. The summed E-state index contributed by atoms with van der Waals surface area (Å²) >= 11 is 0. The second-order valence-electron chi connectivity index (χ2n) is 7.01. The average molecular weight is 483 g/mol. The predicted octanol–water partition coefficient (Wildman–Crippen LogP) is 4.44. The molecule has 0 aliphatic heterocycles. The minimum atomic E-state index is -4.99. The number of rotatable bonds is 7. The van der Waals surface area contributed by atoms with E-state index in [-0.39, 0.29) is 30.2 Å². The van der Waals surface area contributed by atoms with Gasteiger partial charge < -0.3 is 4.90 Å². The lowest BCUT2D eigenvalue weighted by Crippen LogP contribution is -2.35. The van der Waals surface area contributed by atoms with Gasteiger partial charge in [-0.2, -0.15) is 34.8 Å². The first kappa shape index (κ1) is 25.7. The van der Waals surface area contributed by atoms with Gasteiger partial charge in [0.25, 0.3) is 16.0 Å². The maximum Gasteiger partial charge on any atom is 0.416 e. The van der Waals surface area contributed by atoms with Crippen LogP contribution in [0.1, 0.15) is 28.4 Å². The van der Waals surface area contributed by atoms with Gasteiger partial charge in [-0.3, -0.25) is 8.98 Å². The van der Waals surface area contributed by atoms with E-state index >= 15 is 0 Å². The van der Waals surface area contributed by atoms with Crippen molar-refractivity contribution in [2.24, 2.45) is 0 Å². The molecule has 0 radical (unpaired) electrons. The second-order valence-corrected chi connectivity index (χ2v) is 8.62. The van der Waals surface area contributed by atoms with Gasteiger partial charge in [0.15, 0.2) is 6.10 Å². The number of halogens is 6. The Hall–Kier alpha value is -2.60. The maximum absolute atomic E-state index is 13.0. The van der Waals surface area contributed by atoms with Crippen molar-refractivity contribution < 1.29 is 43.7 Å². The highest BCUT2D eigenvalue weighted by Crippen LogP contribution is 2.36. The summed E-state index contributed by atoms with van der Waals surface area (Å²) < 4.78 is 106. The molecular weight excluding hydrogens is 464 g/mol. The summed E-state index contributed by atoms with van der Waals surface area (Å²) in [6.45, 7) is -0.284. The number of likely N-dealkylation sites (N-methyl/N-ethyl adjacent to an activating group) is 1. The molecule has 32 heavy (non-hydrogen) atoms. The second kappa shape index (κ2) is 9.49. The largest absolute Gasteiger partial charge is 0.416 e. The lowest BCUT2D eigenvalue weighted by Gasteiger charge is -2.24. The SMILES string of the molecule is CN(CCc1cc(C(F)(F)F)cc(C(F)(F)F)c1)C(=O)[C@H](OS(C)(=O)=O)c1ccccc1. The Kier molecular flexibility index (Phi) is 7.61. The number of benzene rings is 2. The normalized spacial score (nSPS) is 13.6. The van der Waals surface area contributed by atoms with Gasteiger partial charge in [-0.25, -0.2) is 0 Å². The van der Waals surface area contributed by atoms with Crippen LogP contribution in [0.2, 0.25) is 0 Å². The van der Waals surface area contributed by atoms with E-state index in [1.807, 2.05) is 0 Å². The summed E-state index contributed by atoms with van der Waals surface area (Å²) in [5, 5.41) is 0. The van der Waals surface area contributed by atoms with Crippen LogP contribution in [0.15, 0.2) is 48.5 Å². The summed E-state index contributed by atoms with van der Waals surface area (Å²) in [6.07, 6.45) is -11.1. The summed E-state index contributed by atoms with van der Waals surface area (Å²) in [5.41, 5.74) is -2.99. The zero-order valence-electron chi connectivity index (χ0n) is 16.9. The van der Waals surface area contributed by atoms with Gasteiger partial charge in [0.05, 0.1) is 17.4 Å². The third-order valence-corrected chi connectivity index (χ3v) is 4.90. The fraction of sp³-hybridized carbons (Fsp3) is 0.350. The summed E-state index contributed by atoms with van der Waals surface area (Å²) in [6, 6.07) is 8.79. The van der Waals surface area contributed by atoms with Gasteiger partial charge in [-0.1, -0.05) is 30.3 Å². The molecule has 12 heteroatoms. The van der Waals surface area contributed by atoms with Crippen LogP contribution in [0.3, 0.4) is 0 Å². The molecule has 2 aromatic rings. The Morgan fingerprint density at radius 1 is 0.969 bits per heavy atom. The highest BCUT2D eigenvalue weighted by Gasteiger charge is 2.37. The number of hydrogen-bond donors (Lipinski definition) is 0. The van der Waals surface area contributed by atoms with Gasteiger partial charge in [-0.15, -0.1) is 0 Å². The Morgan fingerprint density at radius 2 is 1.47 bits per heavy atom. The van der Waals surface area contributed by atoms with Gasteiger partial charge in [0, 0.05) is 13.6 Å². The van der Waals surface area contributed by atoms with Crippen LogP contribution in [0.4, 0.5) is 26.3 Å². The molecule has 0 saturated carbocycles. The van der Waals surface area contributed by atoms with E-state index in [1.54, 1.807) is 18.2 Å². The van der Waals surface area contributed by atoms with Crippen LogP contribution in [0.5, 0.6) is 0 Å². The molecule has 0 unspecified atom stereocenters. The molecule has 5 nitrogen and oxygen atoms in total. The topological polar surface area (TPSA) is 63.7 Å². The molecular formula is C20H19F6NO4S. The molecule has 0 spiro atoms. The smallest absolute Gasteiger partial charge is 0.343 e. The monoisotopic (exact) mass is 483 g/mol. The van der Waals surface area contributed by atoms with E-state index in [0.29, 0.717) is 12.1 Å². The quantitative estimate of drug-likeness (QED) is 0.432. The first-order valence-corrected chi connectivity index (χ1v) is 10.9. The standard InChI is InChI=1S/C20H19F6NO4S/c1-27(18(28)17(31-32(2,29)30)14-6-4-3-5-7-14)9-8-13-10-15(19(21,22)23)12-16(11-13)20(24,25)26/h3-7,10-12,17H,8-9H2,1-2H3/t17-/m1/s1. The lowest BCUT2D eigenvalue weighted by molar-refractivity contribution is -0.143. The van der Waals surface area contributed by atoms with E-state index in [2.05, 4.69) is 0 Å². The minimum absolute atomic E-state index is 0.0176. The first-order chi connectivity index (χ1) is 14.6. The van der Waals surface area contributed by atoms with Crippen molar-refractivity contribution in [3.05, 3.63) is 70.8 Å². The Labute approximate surface area is 180 Å². The van der Waals surface area contributed by atoms with Crippen LogP contribution < -0.4 is 0 Å². The molecule has 0 aromatic heterocycles. The molecule has 176 valence electrons. The molecule has 1 atom stereocenters. The number of carbonyl (C=O) groups is 1. The fourth-order valence-electron chi connectivity index (χ4n) is 2.81. The van der Waals surface area contributed by atoms with E-state index in [4.69, 9.17) is 4.18 Å². The van der Waals surface area contributed by atoms with Gasteiger partial charge in [0.2, 0.25) is 0 Å². The van der Waals surface area contributed by atoms with E-state index < -0.39 is 45.6 Å². The summed E-state index contributed by atoms with van der Waals surface area (Å²) in [5.74, 6) is -0.829. The Balaban J connectivity index is 2.26. The summed E-state index contributed by atoms with van der Waals surface area (Å²) in [7, 11) is -2.82. The lowest BCUT2D eigenvalue weighted by atomic mass is 10.0. The maximum atomic E-state index is 13.0. The van der Waals surface area contributed by atoms with Crippen LogP contribution in [-0.4, -0.2) is 39.1 Å². The molecule has 2 rings (SSSR count). The van der Waals surface area contributed by atoms with Gasteiger partial charge in [0.1, 0.15) is 0 Å². The Morgan fingerprint density at radius 3 is 1.91 bits per heavy atom. The van der Waals surface area contributed by atoms with Crippen molar-refractivity contribution in [1.82, 2.24) is 4.90 Å². The van der Waals surface area contributed by atoms with E-state index in [1.165, 1.54) is 19.2 Å². The van der Waals surface area contributed by atoms with E-state index in [0.717, 1.165) is 11.2 Å². The number of nitrogens with zero attached hydrogens (tertiary/aromatic N) is 1. The van der Waals surface area contributed by atoms with Crippen LogP contribution >= 0.6 is 0 Å². The average Bonchev–Trinajstić information content (AvgIpc) is 2.68. The van der Waals surface area contributed by atoms with Crippen molar-refractivity contribution in [1.29, 1.82) is 0 Å². The third kappa shape index (κ3) is 7.23. The predicted molar refractivity (Wildman–Crippen MR) is 103 cm³/mol. The van der Waals surface area contributed by atoms with Crippen LogP contribution in [0.25, 0.3) is 0 Å². The minimum Gasteiger partial charge on any atom is -0.343 e. The summed E-state index contributed by atoms with van der Waals surface area (Å²) in [4.78, 5) is 13.8. The molecule has 1 amide bonds. The van der Waals surface area contributed by atoms with Crippen LogP contribution in [-0.2, 0) is 37.9 Å². The highest BCUT2D eigenvalue weighted by molar-refractivity contribution is 7.86.